The number of hydrogen-bond acceptors (Lipinski definition) is 5. The average molecular weight is 510 g/mol. The van der Waals surface area contributed by atoms with Crippen molar-refractivity contribution in [2.45, 2.75) is 24.2 Å². The highest BCUT2D eigenvalue weighted by molar-refractivity contribution is 5.89. The van der Waals surface area contributed by atoms with E-state index in [1.165, 1.54) is 53.2 Å². The Morgan fingerprint density at radius 3 is 2.43 bits per heavy atom. The third kappa shape index (κ3) is 4.76. The number of anilines is 2. The van der Waals surface area contributed by atoms with Crippen molar-refractivity contribution in [3.63, 3.8) is 0 Å². The van der Waals surface area contributed by atoms with Crippen LogP contribution in [0.4, 0.5) is 24.5 Å². The second-order valence-corrected chi connectivity index (χ2v) is 8.66. The summed E-state index contributed by atoms with van der Waals surface area (Å²) in [4.78, 5) is 0. The fraction of sp³-hybridized carbons (Fsp3) is 0.179. The number of halogens is 3. The Bertz CT molecular complexity index is 1440. The number of hydrogen-bond donors (Lipinski definition) is 5. The van der Waals surface area contributed by atoms with Crippen LogP contribution in [0.25, 0.3) is 10.9 Å². The summed E-state index contributed by atoms with van der Waals surface area (Å²) in [5.74, 6) is -4.27. The SMILES string of the molecule is C=CC(F)(F)C(O)(c1ccc(Nc2ccc(F)cc2)c(C=N)c1)c1cn(CC(O)CO)c2ccccc12. The van der Waals surface area contributed by atoms with Crippen molar-refractivity contribution in [3.8, 4) is 0 Å². The van der Waals surface area contributed by atoms with Crippen LogP contribution in [0.15, 0.2) is 85.6 Å². The summed E-state index contributed by atoms with van der Waals surface area (Å²) < 4.78 is 45.9. The largest absolute Gasteiger partial charge is 0.394 e. The van der Waals surface area contributed by atoms with Crippen LogP contribution in [0.2, 0.25) is 0 Å². The van der Waals surface area contributed by atoms with Gasteiger partial charge >= 0.3 is 5.92 Å². The molecule has 0 bridgehead atoms. The molecular weight excluding hydrogens is 483 g/mol. The quantitative estimate of drug-likeness (QED) is 0.155. The first kappa shape index (κ1) is 26.2. The third-order valence-electron chi connectivity index (χ3n) is 6.28. The van der Waals surface area contributed by atoms with Crippen LogP contribution in [0.5, 0.6) is 0 Å². The van der Waals surface area contributed by atoms with Crippen LogP contribution in [0, 0.1) is 11.2 Å². The number of nitrogens with zero attached hydrogens (tertiary/aromatic N) is 1. The van der Waals surface area contributed by atoms with Gasteiger partial charge in [0, 0.05) is 45.8 Å². The summed E-state index contributed by atoms with van der Waals surface area (Å²) in [6.07, 6.45) is 1.52. The van der Waals surface area contributed by atoms with E-state index < -0.39 is 30.1 Å². The first-order valence-corrected chi connectivity index (χ1v) is 11.4. The Kier molecular flexibility index (Phi) is 7.22. The minimum absolute atomic E-state index is 0.0843. The number of para-hydroxylation sites is 1. The lowest BCUT2D eigenvalue weighted by Gasteiger charge is -2.35. The molecule has 5 N–H and O–H groups in total. The first-order chi connectivity index (χ1) is 17.6. The lowest BCUT2D eigenvalue weighted by Crippen LogP contribution is -2.45. The van der Waals surface area contributed by atoms with Crippen molar-refractivity contribution in [1.82, 2.24) is 4.57 Å². The molecule has 1 heterocycles. The van der Waals surface area contributed by atoms with Crippen molar-refractivity contribution in [2.75, 3.05) is 11.9 Å². The summed E-state index contributed by atoms with van der Waals surface area (Å²) in [6.45, 7) is 2.63. The van der Waals surface area contributed by atoms with Crippen LogP contribution in [0.1, 0.15) is 16.7 Å². The number of alkyl halides is 2. The molecule has 0 aliphatic carbocycles. The summed E-state index contributed by atoms with van der Waals surface area (Å²) >= 11 is 0. The van der Waals surface area contributed by atoms with Gasteiger partial charge < -0.3 is 30.6 Å². The molecule has 0 radical (unpaired) electrons. The zero-order valence-corrected chi connectivity index (χ0v) is 19.7. The predicted octanol–water partition coefficient (Wildman–Crippen LogP) is 4.93. The van der Waals surface area contributed by atoms with E-state index in [9.17, 15) is 19.7 Å². The normalized spacial score (nSPS) is 14.2. The van der Waals surface area contributed by atoms with Gasteiger partial charge in [0.15, 0.2) is 5.60 Å². The summed E-state index contributed by atoms with van der Waals surface area (Å²) in [5, 5.41) is 42.3. The van der Waals surface area contributed by atoms with Crippen LogP contribution in [0.3, 0.4) is 0 Å². The van der Waals surface area contributed by atoms with Crippen LogP contribution < -0.4 is 5.32 Å². The minimum atomic E-state index is -3.84. The van der Waals surface area contributed by atoms with Gasteiger partial charge in [-0.1, -0.05) is 30.8 Å². The molecule has 0 aliphatic rings. The fourth-order valence-electron chi connectivity index (χ4n) is 4.36. The topological polar surface area (TPSA) is 102 Å². The zero-order chi connectivity index (χ0) is 26.8. The highest BCUT2D eigenvalue weighted by Gasteiger charge is 2.54. The molecular formula is C28H26F3N3O3. The molecule has 1 aromatic heterocycles. The molecule has 0 saturated carbocycles. The second-order valence-electron chi connectivity index (χ2n) is 8.66. The highest BCUT2D eigenvalue weighted by atomic mass is 19.3. The Balaban J connectivity index is 1.89. The summed E-state index contributed by atoms with van der Waals surface area (Å²) in [5.41, 5.74) is -1.61. The van der Waals surface area contributed by atoms with Crippen molar-refractivity contribution in [1.29, 1.82) is 5.41 Å². The molecule has 37 heavy (non-hydrogen) atoms. The number of nitrogens with one attached hydrogen (secondary N) is 2. The average Bonchev–Trinajstić information content (AvgIpc) is 3.28. The number of fused-ring (bicyclic) bond motifs is 1. The van der Waals surface area contributed by atoms with Gasteiger partial charge in [-0.3, -0.25) is 0 Å². The standard InChI is InChI=1S/C28H26F3N3O3/c1-2-27(30,31)28(37,24-16-34(15-22(36)17-35)26-6-4-3-5-23(24)26)19-7-12-25(18(13-19)14-32)33-21-10-8-20(29)9-11-21/h2-14,16,22,32-33,35-37H,1,15,17H2. The van der Waals surface area contributed by atoms with E-state index in [-0.39, 0.29) is 23.2 Å². The minimum Gasteiger partial charge on any atom is -0.394 e. The molecule has 0 saturated heterocycles. The van der Waals surface area contributed by atoms with Crippen LogP contribution >= 0.6 is 0 Å². The number of aliphatic hydroxyl groups excluding tert-OH is 2. The van der Waals surface area contributed by atoms with Gasteiger partial charge in [-0.05, 0) is 54.1 Å². The number of benzene rings is 3. The van der Waals surface area contributed by atoms with Gasteiger partial charge in [0.25, 0.3) is 0 Å². The lowest BCUT2D eigenvalue weighted by atomic mass is 9.80. The highest BCUT2D eigenvalue weighted by Crippen LogP contribution is 2.47. The molecule has 2 unspecified atom stereocenters. The van der Waals surface area contributed by atoms with Gasteiger partial charge in [-0.2, -0.15) is 8.78 Å². The van der Waals surface area contributed by atoms with Crippen LogP contribution in [-0.2, 0) is 12.1 Å². The van der Waals surface area contributed by atoms with Gasteiger partial charge in [0.2, 0.25) is 0 Å². The first-order valence-electron chi connectivity index (χ1n) is 11.4. The molecule has 0 aliphatic heterocycles. The second kappa shape index (κ2) is 10.2. The predicted molar refractivity (Wildman–Crippen MR) is 137 cm³/mol. The van der Waals surface area contributed by atoms with E-state index in [1.807, 2.05) is 0 Å². The molecule has 4 aromatic rings. The maximum atomic E-state index is 15.6. The van der Waals surface area contributed by atoms with Crippen molar-refractivity contribution in [3.05, 3.63) is 108 Å². The van der Waals surface area contributed by atoms with Gasteiger partial charge in [0.05, 0.1) is 19.3 Å². The Morgan fingerprint density at radius 2 is 1.78 bits per heavy atom. The molecule has 3 aromatic carbocycles. The van der Waals surface area contributed by atoms with Gasteiger partial charge in [-0.25, -0.2) is 4.39 Å². The molecule has 0 spiro atoms. The maximum Gasteiger partial charge on any atom is 0.302 e. The van der Waals surface area contributed by atoms with Crippen molar-refractivity contribution in [2.24, 2.45) is 0 Å². The number of rotatable bonds is 10. The molecule has 9 heteroatoms. The Labute approximate surface area is 211 Å². The van der Waals surface area contributed by atoms with Crippen molar-refractivity contribution < 1.29 is 28.5 Å². The Morgan fingerprint density at radius 1 is 1.08 bits per heavy atom. The van der Waals surface area contributed by atoms with E-state index in [4.69, 9.17) is 5.41 Å². The van der Waals surface area contributed by atoms with E-state index in [0.29, 0.717) is 28.4 Å². The summed E-state index contributed by atoms with van der Waals surface area (Å²) in [7, 11) is 0. The van der Waals surface area contributed by atoms with E-state index in [0.717, 1.165) is 6.21 Å². The number of aliphatic hydroxyl groups is 3. The smallest absolute Gasteiger partial charge is 0.302 e. The van der Waals surface area contributed by atoms with E-state index >= 15 is 8.78 Å². The molecule has 192 valence electrons. The van der Waals surface area contributed by atoms with Crippen LogP contribution in [-0.4, -0.2) is 44.7 Å². The van der Waals surface area contributed by atoms with Gasteiger partial charge in [0.1, 0.15) is 5.82 Å². The molecule has 6 nitrogen and oxygen atoms in total. The fourth-order valence-corrected chi connectivity index (χ4v) is 4.36. The molecule has 2 atom stereocenters. The molecule has 4 rings (SSSR count). The number of aromatic nitrogens is 1. The third-order valence-corrected chi connectivity index (χ3v) is 6.28. The molecule has 0 fully saturated rings. The summed E-state index contributed by atoms with van der Waals surface area (Å²) in [6, 6.07) is 16.1. The van der Waals surface area contributed by atoms with E-state index in [2.05, 4.69) is 11.9 Å². The lowest BCUT2D eigenvalue weighted by molar-refractivity contribution is -0.129. The zero-order valence-electron chi connectivity index (χ0n) is 19.7. The van der Waals surface area contributed by atoms with Gasteiger partial charge in [-0.15, -0.1) is 0 Å². The van der Waals surface area contributed by atoms with E-state index in [1.54, 1.807) is 24.3 Å². The van der Waals surface area contributed by atoms with Crippen molar-refractivity contribution >= 4 is 28.5 Å². The Hall–Kier alpha value is -3.92. The maximum absolute atomic E-state index is 15.6. The monoisotopic (exact) mass is 509 g/mol. The molecule has 0 amide bonds.